The molecular formula is C14H22N2O4. The fraction of sp³-hybridized carbons (Fsp3) is 0.714. The predicted molar refractivity (Wildman–Crippen MR) is 72.3 cm³/mol. The van der Waals surface area contributed by atoms with Crippen LogP contribution in [-0.2, 0) is 4.74 Å². The van der Waals surface area contributed by atoms with E-state index in [4.69, 9.17) is 9.26 Å². The van der Waals surface area contributed by atoms with Gasteiger partial charge in [-0.05, 0) is 13.8 Å². The Kier molecular flexibility index (Phi) is 3.88. The number of hydrogen-bond donors (Lipinski definition) is 2. The number of carbonyl (C=O) groups is 1. The van der Waals surface area contributed by atoms with Gasteiger partial charge in [0.05, 0.1) is 23.9 Å². The van der Waals surface area contributed by atoms with E-state index >= 15 is 0 Å². The third-order valence-electron chi connectivity index (χ3n) is 4.41. The van der Waals surface area contributed by atoms with Crippen LogP contribution in [0.5, 0.6) is 0 Å². The zero-order chi connectivity index (χ0) is 15.0. The first-order valence-corrected chi connectivity index (χ1v) is 6.84. The van der Waals surface area contributed by atoms with Gasteiger partial charge in [-0.1, -0.05) is 19.0 Å². The Morgan fingerprint density at radius 3 is 2.80 bits per heavy atom. The van der Waals surface area contributed by atoms with Crippen molar-refractivity contribution in [3.8, 4) is 0 Å². The molecule has 1 aromatic rings. The van der Waals surface area contributed by atoms with Gasteiger partial charge in [-0.25, -0.2) is 0 Å². The quantitative estimate of drug-likeness (QED) is 0.849. The van der Waals surface area contributed by atoms with Crippen LogP contribution in [0.15, 0.2) is 10.6 Å². The van der Waals surface area contributed by atoms with Gasteiger partial charge in [-0.3, -0.25) is 4.79 Å². The van der Waals surface area contributed by atoms with Crippen LogP contribution in [-0.4, -0.2) is 41.0 Å². The maximum absolute atomic E-state index is 12.2. The van der Waals surface area contributed by atoms with Crippen molar-refractivity contribution in [2.24, 2.45) is 5.41 Å². The molecule has 0 bridgehead atoms. The molecule has 0 aromatic carbocycles. The highest BCUT2D eigenvalue weighted by Gasteiger charge is 2.61. The first kappa shape index (κ1) is 15.0. The van der Waals surface area contributed by atoms with Crippen LogP contribution < -0.4 is 5.32 Å². The molecule has 0 saturated heterocycles. The van der Waals surface area contributed by atoms with Gasteiger partial charge in [0.1, 0.15) is 0 Å². The molecule has 2 N–H and O–H groups in total. The highest BCUT2D eigenvalue weighted by Crippen LogP contribution is 2.51. The molecule has 0 spiro atoms. The standard InChI is InChI=1S/C14H22N2O4/c1-5-19-11-7-14(8-17,13(11,3)4)15-12(18)10-6-9(2)16-20-10/h6,11,17H,5,7-8H2,1-4H3,(H,15,18)/t11-,14+/m0/s1. The number of hydrogen-bond acceptors (Lipinski definition) is 5. The zero-order valence-corrected chi connectivity index (χ0v) is 12.4. The minimum Gasteiger partial charge on any atom is -0.394 e. The highest BCUT2D eigenvalue weighted by molar-refractivity contribution is 5.92. The van der Waals surface area contributed by atoms with Crippen LogP contribution >= 0.6 is 0 Å². The summed E-state index contributed by atoms with van der Waals surface area (Å²) in [6.07, 6.45) is 0.611. The van der Waals surface area contributed by atoms with Crippen LogP contribution in [0.2, 0.25) is 0 Å². The van der Waals surface area contributed by atoms with E-state index in [0.717, 1.165) is 0 Å². The summed E-state index contributed by atoms with van der Waals surface area (Å²) in [5.41, 5.74) is -0.388. The lowest BCUT2D eigenvalue weighted by Crippen LogP contribution is -2.74. The second-order valence-corrected chi connectivity index (χ2v) is 5.90. The average Bonchev–Trinajstić information content (AvgIpc) is 2.83. The van der Waals surface area contributed by atoms with Crippen molar-refractivity contribution >= 4 is 5.91 Å². The maximum atomic E-state index is 12.2. The minimum absolute atomic E-state index is 0.0245. The highest BCUT2D eigenvalue weighted by atomic mass is 16.5. The van der Waals surface area contributed by atoms with Gasteiger partial charge in [0, 0.05) is 24.5 Å². The molecule has 20 heavy (non-hydrogen) atoms. The molecule has 1 saturated carbocycles. The maximum Gasteiger partial charge on any atom is 0.290 e. The monoisotopic (exact) mass is 282 g/mol. The number of aromatic nitrogens is 1. The third-order valence-corrected chi connectivity index (χ3v) is 4.41. The van der Waals surface area contributed by atoms with Crippen molar-refractivity contribution in [2.75, 3.05) is 13.2 Å². The van der Waals surface area contributed by atoms with Crippen molar-refractivity contribution in [1.82, 2.24) is 10.5 Å². The normalized spacial score (nSPS) is 27.9. The second-order valence-electron chi connectivity index (χ2n) is 5.90. The fourth-order valence-electron chi connectivity index (χ4n) is 2.75. The number of nitrogens with zero attached hydrogens (tertiary/aromatic N) is 1. The van der Waals surface area contributed by atoms with Gasteiger partial charge in [0.15, 0.2) is 0 Å². The van der Waals surface area contributed by atoms with E-state index in [0.29, 0.717) is 18.7 Å². The molecule has 112 valence electrons. The second kappa shape index (κ2) is 5.18. The Morgan fingerprint density at radius 2 is 2.35 bits per heavy atom. The Morgan fingerprint density at radius 1 is 1.65 bits per heavy atom. The van der Waals surface area contributed by atoms with Gasteiger partial charge in [-0.15, -0.1) is 0 Å². The first-order chi connectivity index (χ1) is 9.36. The van der Waals surface area contributed by atoms with E-state index in [1.165, 1.54) is 0 Å². The van der Waals surface area contributed by atoms with E-state index < -0.39 is 5.54 Å². The van der Waals surface area contributed by atoms with E-state index in [9.17, 15) is 9.90 Å². The summed E-state index contributed by atoms with van der Waals surface area (Å²) in [6, 6.07) is 1.58. The van der Waals surface area contributed by atoms with Crippen molar-refractivity contribution in [3.05, 3.63) is 17.5 Å². The molecule has 1 aromatic heterocycles. The summed E-state index contributed by atoms with van der Waals surface area (Å²) in [4.78, 5) is 12.2. The lowest BCUT2D eigenvalue weighted by molar-refractivity contribution is -0.172. The number of aliphatic hydroxyl groups excluding tert-OH is 1. The molecule has 1 fully saturated rings. The van der Waals surface area contributed by atoms with Gasteiger partial charge >= 0.3 is 0 Å². The Balaban J connectivity index is 2.12. The number of aryl methyl sites for hydroxylation is 1. The van der Waals surface area contributed by atoms with Crippen molar-refractivity contribution in [1.29, 1.82) is 0 Å². The summed E-state index contributed by atoms with van der Waals surface area (Å²) in [6.45, 7) is 8.14. The number of aliphatic hydroxyl groups is 1. The van der Waals surface area contributed by atoms with Crippen molar-refractivity contribution in [2.45, 2.75) is 45.8 Å². The molecular weight excluding hydrogens is 260 g/mol. The molecule has 0 radical (unpaired) electrons. The largest absolute Gasteiger partial charge is 0.394 e. The van der Waals surface area contributed by atoms with E-state index in [1.54, 1.807) is 13.0 Å². The summed E-state index contributed by atoms with van der Waals surface area (Å²) < 4.78 is 10.6. The van der Waals surface area contributed by atoms with Gasteiger partial charge in [0.2, 0.25) is 5.76 Å². The van der Waals surface area contributed by atoms with E-state index in [1.807, 2.05) is 20.8 Å². The van der Waals surface area contributed by atoms with Crippen LogP contribution in [0.3, 0.4) is 0 Å². The first-order valence-electron chi connectivity index (χ1n) is 6.84. The summed E-state index contributed by atoms with van der Waals surface area (Å²) >= 11 is 0. The lowest BCUT2D eigenvalue weighted by Gasteiger charge is -2.60. The number of carbonyl (C=O) groups excluding carboxylic acids is 1. The summed E-state index contributed by atoms with van der Waals surface area (Å²) in [5, 5.41) is 16.3. The number of amides is 1. The molecule has 2 rings (SSSR count). The fourth-order valence-corrected chi connectivity index (χ4v) is 2.75. The molecule has 1 amide bonds. The minimum atomic E-state index is -0.690. The number of rotatable bonds is 5. The lowest BCUT2D eigenvalue weighted by atomic mass is 9.54. The molecule has 0 unspecified atom stereocenters. The number of nitrogens with one attached hydrogen (secondary N) is 1. The summed E-state index contributed by atoms with van der Waals surface area (Å²) in [7, 11) is 0. The molecule has 1 aliphatic carbocycles. The predicted octanol–water partition coefficient (Wildman–Crippen LogP) is 1.28. The molecule has 1 heterocycles. The zero-order valence-electron chi connectivity index (χ0n) is 12.4. The van der Waals surface area contributed by atoms with Crippen molar-refractivity contribution < 1.29 is 19.2 Å². The van der Waals surface area contributed by atoms with Gasteiger partial charge < -0.3 is 19.7 Å². The summed E-state index contributed by atoms with van der Waals surface area (Å²) in [5.74, 6) is -0.200. The molecule has 6 nitrogen and oxygen atoms in total. The van der Waals surface area contributed by atoms with Crippen LogP contribution in [0, 0.1) is 12.3 Å². The average molecular weight is 282 g/mol. The van der Waals surface area contributed by atoms with Crippen LogP contribution in [0.4, 0.5) is 0 Å². The number of ether oxygens (including phenoxy) is 1. The Labute approximate surface area is 118 Å². The van der Waals surface area contributed by atoms with E-state index in [-0.39, 0.29) is 29.8 Å². The van der Waals surface area contributed by atoms with Gasteiger partial charge in [0.25, 0.3) is 5.91 Å². The topological polar surface area (TPSA) is 84.6 Å². The van der Waals surface area contributed by atoms with Gasteiger partial charge in [-0.2, -0.15) is 0 Å². The molecule has 0 aliphatic heterocycles. The third kappa shape index (κ3) is 2.23. The molecule has 6 heteroatoms. The molecule has 1 aliphatic rings. The molecule has 2 atom stereocenters. The SMILES string of the molecule is CCO[C@H]1C[C@](CO)(NC(=O)c2cc(C)no2)C1(C)C. The Hall–Kier alpha value is -1.40. The van der Waals surface area contributed by atoms with Crippen LogP contribution in [0.1, 0.15) is 43.4 Å². The Bertz CT molecular complexity index is 497. The van der Waals surface area contributed by atoms with Crippen molar-refractivity contribution in [3.63, 3.8) is 0 Å². The van der Waals surface area contributed by atoms with E-state index in [2.05, 4.69) is 10.5 Å². The van der Waals surface area contributed by atoms with Crippen LogP contribution in [0.25, 0.3) is 0 Å². The smallest absolute Gasteiger partial charge is 0.290 e.